The molecule has 1 heterocycles. The molecule has 3 unspecified atom stereocenters. The molecule has 120 valence electrons. The van der Waals surface area contributed by atoms with Gasteiger partial charge in [-0.25, -0.2) is 0 Å². The van der Waals surface area contributed by atoms with E-state index in [-0.39, 0.29) is 0 Å². The number of carbonyl (C=O) groups is 1. The molecule has 0 aromatic heterocycles. The zero-order valence-electron chi connectivity index (χ0n) is 13.3. The monoisotopic (exact) mass is 294 g/mol. The Balaban J connectivity index is 1.71. The van der Waals surface area contributed by atoms with E-state index in [2.05, 4.69) is 10.2 Å². The van der Waals surface area contributed by atoms with Crippen LogP contribution in [0.2, 0.25) is 0 Å². The summed E-state index contributed by atoms with van der Waals surface area (Å²) < 4.78 is 0. The fourth-order valence-electron chi connectivity index (χ4n) is 5.17. The summed E-state index contributed by atoms with van der Waals surface area (Å²) in [5.74, 6) is 0.217. The van der Waals surface area contributed by atoms with Crippen LogP contribution in [-0.4, -0.2) is 47.2 Å². The Hall–Kier alpha value is -0.610. The van der Waals surface area contributed by atoms with Crippen LogP contribution in [0.15, 0.2) is 0 Å². The summed E-state index contributed by atoms with van der Waals surface area (Å²) in [6.07, 6.45) is 12.0. The number of likely N-dealkylation sites (tertiary alicyclic amines) is 1. The number of aliphatic carboxylic acids is 1. The molecule has 3 atom stereocenters. The Labute approximate surface area is 128 Å². The van der Waals surface area contributed by atoms with Gasteiger partial charge in [0.15, 0.2) is 0 Å². The van der Waals surface area contributed by atoms with Crippen molar-refractivity contribution >= 4 is 5.97 Å². The van der Waals surface area contributed by atoms with Crippen LogP contribution in [0.25, 0.3) is 0 Å². The topological polar surface area (TPSA) is 52.6 Å². The van der Waals surface area contributed by atoms with Crippen molar-refractivity contribution in [3.8, 4) is 0 Å². The molecule has 0 aromatic rings. The average molecular weight is 294 g/mol. The third-order valence-electron chi connectivity index (χ3n) is 6.37. The first-order valence-corrected chi connectivity index (χ1v) is 8.84. The lowest BCUT2D eigenvalue weighted by molar-refractivity contribution is -0.147. The van der Waals surface area contributed by atoms with Gasteiger partial charge in [-0.1, -0.05) is 12.8 Å². The Morgan fingerprint density at radius 3 is 2.57 bits per heavy atom. The van der Waals surface area contributed by atoms with E-state index >= 15 is 0 Å². The molecule has 0 bridgehead atoms. The highest BCUT2D eigenvalue weighted by molar-refractivity contribution is 5.79. The van der Waals surface area contributed by atoms with E-state index in [1.54, 1.807) is 0 Å². The first kappa shape index (κ1) is 15.3. The van der Waals surface area contributed by atoms with E-state index in [9.17, 15) is 9.90 Å². The number of carboxylic acids is 1. The van der Waals surface area contributed by atoms with Crippen LogP contribution >= 0.6 is 0 Å². The second-order valence-electron chi connectivity index (χ2n) is 7.38. The number of hydrogen-bond acceptors (Lipinski definition) is 3. The second-order valence-corrected chi connectivity index (χ2v) is 7.38. The van der Waals surface area contributed by atoms with Gasteiger partial charge in [0.2, 0.25) is 0 Å². The SMILES string of the molecule is CNC1(C(=O)O)CCCC(N2CCCC2C2CCCC2)C1. The van der Waals surface area contributed by atoms with Gasteiger partial charge in [-0.2, -0.15) is 0 Å². The lowest BCUT2D eigenvalue weighted by Gasteiger charge is -2.44. The minimum absolute atomic E-state index is 0.468. The van der Waals surface area contributed by atoms with Crippen molar-refractivity contribution in [2.75, 3.05) is 13.6 Å². The van der Waals surface area contributed by atoms with E-state index in [4.69, 9.17) is 0 Å². The fraction of sp³-hybridized carbons (Fsp3) is 0.941. The molecule has 0 radical (unpaired) electrons. The Morgan fingerprint density at radius 2 is 1.90 bits per heavy atom. The normalized spacial score (nSPS) is 38.9. The first-order chi connectivity index (χ1) is 10.2. The minimum atomic E-state index is -0.689. The molecule has 0 aromatic carbocycles. The van der Waals surface area contributed by atoms with Gasteiger partial charge < -0.3 is 10.4 Å². The van der Waals surface area contributed by atoms with Crippen molar-refractivity contribution in [1.29, 1.82) is 0 Å². The molecule has 2 aliphatic carbocycles. The maximum Gasteiger partial charge on any atom is 0.323 e. The van der Waals surface area contributed by atoms with Gasteiger partial charge in [0.25, 0.3) is 0 Å². The molecule has 3 rings (SSSR count). The number of hydrogen-bond donors (Lipinski definition) is 2. The zero-order valence-corrected chi connectivity index (χ0v) is 13.3. The lowest BCUT2D eigenvalue weighted by atomic mass is 9.78. The van der Waals surface area contributed by atoms with Gasteiger partial charge in [-0.3, -0.25) is 9.69 Å². The number of likely N-dealkylation sites (N-methyl/N-ethyl adjacent to an activating group) is 1. The van der Waals surface area contributed by atoms with Gasteiger partial charge in [-0.15, -0.1) is 0 Å². The van der Waals surface area contributed by atoms with Crippen molar-refractivity contribution in [3.63, 3.8) is 0 Å². The van der Waals surface area contributed by atoms with Crippen molar-refractivity contribution < 1.29 is 9.90 Å². The molecule has 3 fully saturated rings. The van der Waals surface area contributed by atoms with E-state index in [0.717, 1.165) is 31.2 Å². The zero-order chi connectivity index (χ0) is 14.9. The molecule has 3 aliphatic rings. The quantitative estimate of drug-likeness (QED) is 0.837. The Morgan fingerprint density at radius 1 is 1.14 bits per heavy atom. The van der Waals surface area contributed by atoms with Gasteiger partial charge in [-0.05, 0) is 70.9 Å². The number of nitrogens with zero attached hydrogens (tertiary/aromatic N) is 1. The molecular weight excluding hydrogens is 264 g/mol. The third kappa shape index (κ3) is 2.85. The molecule has 4 nitrogen and oxygen atoms in total. The molecule has 0 spiro atoms. The summed E-state index contributed by atoms with van der Waals surface area (Å²) in [5, 5.41) is 12.8. The standard InChI is InChI=1S/C17H30N2O2/c1-18-17(16(20)21)10-4-8-14(12-17)19-11-5-9-15(19)13-6-2-3-7-13/h13-15,18H,2-12H2,1H3,(H,20,21). The van der Waals surface area contributed by atoms with Gasteiger partial charge >= 0.3 is 5.97 Å². The molecule has 2 saturated carbocycles. The summed E-state index contributed by atoms with van der Waals surface area (Å²) in [4.78, 5) is 14.4. The van der Waals surface area contributed by atoms with Crippen LogP contribution in [0.4, 0.5) is 0 Å². The van der Waals surface area contributed by atoms with Crippen molar-refractivity contribution in [1.82, 2.24) is 10.2 Å². The maximum absolute atomic E-state index is 11.7. The van der Waals surface area contributed by atoms with Crippen LogP contribution in [0.1, 0.15) is 64.2 Å². The maximum atomic E-state index is 11.7. The largest absolute Gasteiger partial charge is 0.480 e. The van der Waals surface area contributed by atoms with E-state index < -0.39 is 11.5 Å². The number of nitrogens with one attached hydrogen (secondary N) is 1. The summed E-state index contributed by atoms with van der Waals surface area (Å²) in [6, 6.07) is 1.20. The molecular formula is C17H30N2O2. The van der Waals surface area contributed by atoms with E-state index in [1.807, 2.05) is 7.05 Å². The fourth-order valence-corrected chi connectivity index (χ4v) is 5.17. The van der Waals surface area contributed by atoms with Crippen LogP contribution < -0.4 is 5.32 Å². The van der Waals surface area contributed by atoms with Crippen LogP contribution in [0.5, 0.6) is 0 Å². The number of rotatable bonds is 4. The molecule has 4 heteroatoms. The Bertz CT molecular complexity index is 381. The van der Waals surface area contributed by atoms with E-state index in [1.165, 1.54) is 51.5 Å². The van der Waals surface area contributed by atoms with Crippen molar-refractivity contribution in [2.24, 2.45) is 5.92 Å². The van der Waals surface area contributed by atoms with Gasteiger partial charge in [0.1, 0.15) is 5.54 Å². The smallest absolute Gasteiger partial charge is 0.323 e. The summed E-state index contributed by atoms with van der Waals surface area (Å²) in [6.45, 7) is 1.19. The van der Waals surface area contributed by atoms with E-state index in [0.29, 0.717) is 6.04 Å². The summed E-state index contributed by atoms with van der Waals surface area (Å²) in [7, 11) is 1.81. The summed E-state index contributed by atoms with van der Waals surface area (Å²) >= 11 is 0. The number of carboxylic acid groups (broad SMARTS) is 1. The van der Waals surface area contributed by atoms with Crippen molar-refractivity contribution in [2.45, 2.75) is 81.8 Å². The lowest BCUT2D eigenvalue weighted by Crippen LogP contribution is -2.58. The van der Waals surface area contributed by atoms with Crippen LogP contribution in [0, 0.1) is 5.92 Å². The first-order valence-electron chi connectivity index (χ1n) is 8.84. The van der Waals surface area contributed by atoms with Crippen LogP contribution in [-0.2, 0) is 4.79 Å². The third-order valence-corrected chi connectivity index (χ3v) is 6.37. The van der Waals surface area contributed by atoms with Crippen molar-refractivity contribution in [3.05, 3.63) is 0 Å². The minimum Gasteiger partial charge on any atom is -0.480 e. The van der Waals surface area contributed by atoms with Crippen LogP contribution in [0.3, 0.4) is 0 Å². The molecule has 1 saturated heterocycles. The highest BCUT2D eigenvalue weighted by Crippen LogP contribution is 2.40. The molecule has 2 N–H and O–H groups in total. The molecule has 1 aliphatic heterocycles. The predicted molar refractivity (Wildman–Crippen MR) is 83.4 cm³/mol. The molecule has 0 amide bonds. The summed E-state index contributed by atoms with van der Waals surface area (Å²) in [5.41, 5.74) is -0.689. The Kier molecular flexibility index (Phi) is 4.55. The average Bonchev–Trinajstić information content (AvgIpc) is 3.17. The molecule has 21 heavy (non-hydrogen) atoms. The second kappa shape index (κ2) is 6.25. The highest BCUT2D eigenvalue weighted by atomic mass is 16.4. The highest BCUT2D eigenvalue weighted by Gasteiger charge is 2.46. The van der Waals surface area contributed by atoms with Gasteiger partial charge in [0.05, 0.1) is 0 Å². The van der Waals surface area contributed by atoms with Gasteiger partial charge in [0, 0.05) is 12.1 Å². The predicted octanol–water partition coefficient (Wildman–Crippen LogP) is 2.63.